The number of hydrogen-bond donors (Lipinski definition) is 1. The van der Waals surface area contributed by atoms with Crippen molar-refractivity contribution in [2.75, 3.05) is 6.54 Å². The van der Waals surface area contributed by atoms with Gasteiger partial charge >= 0.3 is 0 Å². The lowest BCUT2D eigenvalue weighted by Crippen LogP contribution is -2.07. The Balaban J connectivity index is 2.55. The Morgan fingerprint density at radius 3 is 2.75 bits per heavy atom. The lowest BCUT2D eigenvalue weighted by atomic mass is 10.0. The molecule has 16 heavy (non-hydrogen) atoms. The molecule has 0 aliphatic heterocycles. The fourth-order valence-corrected chi connectivity index (χ4v) is 1.97. The van der Waals surface area contributed by atoms with Gasteiger partial charge in [0.05, 0.1) is 11.0 Å². The van der Waals surface area contributed by atoms with E-state index in [2.05, 4.69) is 48.6 Å². The van der Waals surface area contributed by atoms with Gasteiger partial charge in [-0.3, -0.25) is 0 Å². The van der Waals surface area contributed by atoms with Crippen molar-refractivity contribution in [1.29, 1.82) is 0 Å². The number of aryl methyl sites for hydroxylation is 1. The molecule has 0 saturated carbocycles. The summed E-state index contributed by atoms with van der Waals surface area (Å²) >= 11 is 0. The van der Waals surface area contributed by atoms with E-state index < -0.39 is 0 Å². The summed E-state index contributed by atoms with van der Waals surface area (Å²) < 4.78 is 2.15. The maximum Gasteiger partial charge on any atom is 0.110 e. The largest absolute Gasteiger partial charge is 0.331 e. The van der Waals surface area contributed by atoms with E-state index in [-0.39, 0.29) is 0 Å². The lowest BCUT2D eigenvalue weighted by molar-refractivity contribution is 0.792. The molecule has 0 atom stereocenters. The molecule has 0 saturated heterocycles. The zero-order valence-electron chi connectivity index (χ0n) is 10.2. The third-order valence-electron chi connectivity index (χ3n) is 3.03. The van der Waals surface area contributed by atoms with Gasteiger partial charge in [-0.25, -0.2) is 4.98 Å². The fraction of sp³-hybridized carbons (Fsp3) is 0.462. The van der Waals surface area contributed by atoms with E-state index in [0.29, 0.717) is 12.5 Å². The summed E-state index contributed by atoms with van der Waals surface area (Å²) in [7, 11) is 2.06. The molecule has 0 spiro atoms. The number of imidazole rings is 1. The Hall–Kier alpha value is -1.35. The van der Waals surface area contributed by atoms with Gasteiger partial charge in [-0.1, -0.05) is 19.9 Å². The zero-order valence-corrected chi connectivity index (χ0v) is 10.2. The Kier molecular flexibility index (Phi) is 2.97. The Morgan fingerprint density at radius 2 is 2.12 bits per heavy atom. The van der Waals surface area contributed by atoms with Crippen LogP contribution in [-0.4, -0.2) is 16.1 Å². The minimum absolute atomic E-state index is 0.553. The number of nitrogens with two attached hydrogens (primary N) is 1. The highest BCUT2D eigenvalue weighted by molar-refractivity contribution is 5.77. The molecule has 1 heterocycles. The van der Waals surface area contributed by atoms with Crippen LogP contribution in [0.3, 0.4) is 0 Å². The molecule has 0 amide bonds. The first-order valence-electron chi connectivity index (χ1n) is 5.78. The van der Waals surface area contributed by atoms with Gasteiger partial charge in [-0.15, -0.1) is 0 Å². The lowest BCUT2D eigenvalue weighted by Gasteiger charge is -2.05. The summed E-state index contributed by atoms with van der Waals surface area (Å²) in [6.45, 7) is 5.06. The molecule has 3 nitrogen and oxygen atoms in total. The van der Waals surface area contributed by atoms with Crippen LogP contribution in [0.4, 0.5) is 0 Å². The molecule has 0 unspecified atom stereocenters. The van der Waals surface area contributed by atoms with Crippen molar-refractivity contribution in [1.82, 2.24) is 9.55 Å². The third kappa shape index (κ3) is 1.83. The molecule has 0 radical (unpaired) electrons. The summed E-state index contributed by atoms with van der Waals surface area (Å²) in [5, 5.41) is 0. The van der Waals surface area contributed by atoms with Crippen molar-refractivity contribution in [3.05, 3.63) is 29.6 Å². The molecule has 0 bridgehead atoms. The van der Waals surface area contributed by atoms with E-state index in [1.54, 1.807) is 0 Å². The van der Waals surface area contributed by atoms with E-state index in [1.807, 2.05) is 0 Å². The fourth-order valence-electron chi connectivity index (χ4n) is 1.97. The van der Waals surface area contributed by atoms with Crippen molar-refractivity contribution in [3.8, 4) is 0 Å². The van der Waals surface area contributed by atoms with E-state index in [4.69, 9.17) is 5.73 Å². The van der Waals surface area contributed by atoms with Gasteiger partial charge in [0.25, 0.3) is 0 Å². The molecule has 86 valence electrons. The first kappa shape index (κ1) is 11.1. The molecular formula is C13H19N3. The molecule has 2 N–H and O–H groups in total. The van der Waals surface area contributed by atoms with Crippen LogP contribution in [0.2, 0.25) is 0 Å². The van der Waals surface area contributed by atoms with Crippen LogP contribution in [0, 0.1) is 0 Å². The summed E-state index contributed by atoms with van der Waals surface area (Å²) in [5.41, 5.74) is 9.20. The number of benzene rings is 1. The van der Waals surface area contributed by atoms with Crippen molar-refractivity contribution in [2.24, 2.45) is 12.8 Å². The second kappa shape index (κ2) is 4.26. The van der Waals surface area contributed by atoms with Crippen LogP contribution in [0.25, 0.3) is 11.0 Å². The average Bonchev–Trinajstić information content (AvgIpc) is 2.56. The predicted molar refractivity (Wildman–Crippen MR) is 67.6 cm³/mol. The normalized spacial score (nSPS) is 11.6. The topological polar surface area (TPSA) is 43.8 Å². The molecule has 1 aromatic heterocycles. The highest BCUT2D eigenvalue weighted by atomic mass is 15.1. The van der Waals surface area contributed by atoms with Gasteiger partial charge < -0.3 is 10.3 Å². The minimum atomic E-state index is 0.553. The highest BCUT2D eigenvalue weighted by Gasteiger charge is 2.08. The van der Waals surface area contributed by atoms with Crippen LogP contribution in [0.15, 0.2) is 18.2 Å². The molecule has 0 aliphatic rings. The zero-order chi connectivity index (χ0) is 11.7. The van der Waals surface area contributed by atoms with Crippen LogP contribution < -0.4 is 5.73 Å². The summed E-state index contributed by atoms with van der Waals surface area (Å²) in [6.07, 6.45) is 0.836. The van der Waals surface area contributed by atoms with Gasteiger partial charge in [-0.2, -0.15) is 0 Å². The molecule has 2 rings (SSSR count). The van der Waals surface area contributed by atoms with Crippen LogP contribution in [-0.2, 0) is 13.5 Å². The number of aromatic nitrogens is 2. The monoisotopic (exact) mass is 217 g/mol. The van der Waals surface area contributed by atoms with Crippen molar-refractivity contribution in [3.63, 3.8) is 0 Å². The molecule has 0 aliphatic carbocycles. The number of hydrogen-bond acceptors (Lipinski definition) is 2. The van der Waals surface area contributed by atoms with Gasteiger partial charge in [-0.05, 0) is 30.2 Å². The Bertz CT molecular complexity index is 497. The summed E-state index contributed by atoms with van der Waals surface area (Å²) in [6, 6.07) is 6.49. The Labute approximate surface area is 96.3 Å². The SMILES string of the molecule is CC(C)c1ccc2nc(CCN)n(C)c2c1. The number of nitrogens with zero attached hydrogens (tertiary/aromatic N) is 2. The van der Waals surface area contributed by atoms with Crippen LogP contribution in [0.5, 0.6) is 0 Å². The summed E-state index contributed by atoms with van der Waals surface area (Å²) in [4.78, 5) is 4.59. The third-order valence-corrected chi connectivity index (χ3v) is 3.03. The van der Waals surface area contributed by atoms with Crippen LogP contribution >= 0.6 is 0 Å². The van der Waals surface area contributed by atoms with Gasteiger partial charge in [0.15, 0.2) is 0 Å². The van der Waals surface area contributed by atoms with Gasteiger partial charge in [0.1, 0.15) is 5.82 Å². The predicted octanol–water partition coefficient (Wildman–Crippen LogP) is 2.20. The van der Waals surface area contributed by atoms with Crippen molar-refractivity contribution >= 4 is 11.0 Å². The average molecular weight is 217 g/mol. The quantitative estimate of drug-likeness (QED) is 0.856. The number of rotatable bonds is 3. The smallest absolute Gasteiger partial charge is 0.110 e. The van der Waals surface area contributed by atoms with E-state index >= 15 is 0 Å². The Morgan fingerprint density at radius 1 is 1.38 bits per heavy atom. The first-order valence-corrected chi connectivity index (χ1v) is 5.78. The maximum atomic E-state index is 5.58. The second-order valence-corrected chi connectivity index (χ2v) is 4.53. The number of fused-ring (bicyclic) bond motifs is 1. The molecule has 2 aromatic rings. The van der Waals surface area contributed by atoms with E-state index in [0.717, 1.165) is 17.8 Å². The summed E-state index contributed by atoms with van der Waals surface area (Å²) in [5.74, 6) is 1.62. The van der Waals surface area contributed by atoms with Gasteiger partial charge in [0, 0.05) is 13.5 Å². The minimum Gasteiger partial charge on any atom is -0.331 e. The van der Waals surface area contributed by atoms with Crippen molar-refractivity contribution < 1.29 is 0 Å². The molecule has 3 heteroatoms. The molecule has 1 aromatic carbocycles. The van der Waals surface area contributed by atoms with Crippen molar-refractivity contribution in [2.45, 2.75) is 26.2 Å². The highest BCUT2D eigenvalue weighted by Crippen LogP contribution is 2.21. The van der Waals surface area contributed by atoms with Crippen LogP contribution in [0.1, 0.15) is 31.2 Å². The second-order valence-electron chi connectivity index (χ2n) is 4.53. The van der Waals surface area contributed by atoms with E-state index in [9.17, 15) is 0 Å². The van der Waals surface area contributed by atoms with Gasteiger partial charge in [0.2, 0.25) is 0 Å². The standard InChI is InChI=1S/C13H19N3/c1-9(2)10-4-5-11-12(8-10)16(3)13(15-11)6-7-14/h4-5,8-9H,6-7,14H2,1-3H3. The molecule has 0 fully saturated rings. The maximum absolute atomic E-state index is 5.58. The van der Waals surface area contributed by atoms with E-state index in [1.165, 1.54) is 11.1 Å². The first-order chi connectivity index (χ1) is 7.63. The molecular weight excluding hydrogens is 198 g/mol.